The van der Waals surface area contributed by atoms with Crippen molar-refractivity contribution in [3.63, 3.8) is 0 Å². The number of nitro groups is 1. The SMILES string of the molecule is O=C(NS(=O)(=O)c1ccc(NC2CCCCC2)c([N+](=O)[O-])c1)c1ccccc1-c1ccc(F)cc1. The minimum Gasteiger partial charge on any atom is -0.377 e. The van der Waals surface area contributed by atoms with Crippen molar-refractivity contribution in [3.8, 4) is 11.1 Å². The van der Waals surface area contributed by atoms with Gasteiger partial charge < -0.3 is 5.32 Å². The Morgan fingerprint density at radius 3 is 2.34 bits per heavy atom. The molecule has 0 atom stereocenters. The third kappa shape index (κ3) is 5.65. The Hall–Kier alpha value is -3.79. The molecule has 3 aromatic rings. The van der Waals surface area contributed by atoms with Crippen molar-refractivity contribution < 1.29 is 22.5 Å². The van der Waals surface area contributed by atoms with Crippen molar-refractivity contribution >= 4 is 27.3 Å². The molecule has 0 bridgehead atoms. The van der Waals surface area contributed by atoms with Gasteiger partial charge in [0.1, 0.15) is 11.5 Å². The van der Waals surface area contributed by atoms with E-state index in [9.17, 15) is 27.7 Å². The van der Waals surface area contributed by atoms with E-state index in [0.717, 1.165) is 38.2 Å². The zero-order chi connectivity index (χ0) is 25.0. The minimum absolute atomic E-state index is 0.0627. The minimum atomic E-state index is -4.41. The number of amides is 1. The summed E-state index contributed by atoms with van der Waals surface area (Å²) in [6.07, 6.45) is 4.97. The number of rotatable bonds is 7. The van der Waals surface area contributed by atoms with Gasteiger partial charge in [0.2, 0.25) is 0 Å². The van der Waals surface area contributed by atoms with Gasteiger partial charge in [-0.1, -0.05) is 49.6 Å². The average molecular weight is 498 g/mol. The molecule has 0 aromatic heterocycles. The molecule has 182 valence electrons. The zero-order valence-corrected chi connectivity index (χ0v) is 19.6. The quantitative estimate of drug-likeness (QED) is 0.339. The van der Waals surface area contributed by atoms with Gasteiger partial charge in [-0.15, -0.1) is 0 Å². The standard InChI is InChI=1S/C25H24FN3O5S/c26-18-12-10-17(11-13-18)21-8-4-5-9-22(21)25(30)28-35(33,34)20-14-15-23(24(16-20)29(31)32)27-19-6-2-1-3-7-19/h4-5,8-16,19,27H,1-3,6-7H2,(H,28,30). The highest BCUT2D eigenvalue weighted by atomic mass is 32.2. The second kappa shape index (κ2) is 10.2. The Kier molecular flexibility index (Phi) is 7.11. The van der Waals surface area contributed by atoms with Crippen molar-refractivity contribution in [3.05, 3.63) is 88.2 Å². The van der Waals surface area contributed by atoms with Gasteiger partial charge in [0.15, 0.2) is 0 Å². The van der Waals surface area contributed by atoms with E-state index in [4.69, 9.17) is 0 Å². The third-order valence-corrected chi connectivity index (χ3v) is 7.32. The maximum Gasteiger partial charge on any atom is 0.293 e. The summed E-state index contributed by atoms with van der Waals surface area (Å²) < 4.78 is 41.2. The van der Waals surface area contributed by atoms with Gasteiger partial charge >= 0.3 is 0 Å². The number of nitro benzene ring substituents is 1. The topological polar surface area (TPSA) is 118 Å². The molecular weight excluding hydrogens is 473 g/mol. The van der Waals surface area contributed by atoms with E-state index in [1.807, 2.05) is 4.72 Å². The molecule has 1 fully saturated rings. The molecule has 0 saturated heterocycles. The summed E-state index contributed by atoms with van der Waals surface area (Å²) in [5.74, 6) is -1.35. The van der Waals surface area contributed by atoms with Crippen LogP contribution in [0.25, 0.3) is 11.1 Å². The molecule has 1 saturated carbocycles. The maximum atomic E-state index is 13.3. The van der Waals surface area contributed by atoms with Crippen molar-refractivity contribution in [2.24, 2.45) is 0 Å². The summed E-state index contributed by atoms with van der Waals surface area (Å²) in [6.45, 7) is 0. The largest absolute Gasteiger partial charge is 0.377 e. The number of nitrogens with one attached hydrogen (secondary N) is 2. The van der Waals surface area contributed by atoms with Crippen LogP contribution in [-0.4, -0.2) is 25.3 Å². The number of nitrogens with zero attached hydrogens (tertiary/aromatic N) is 1. The summed E-state index contributed by atoms with van der Waals surface area (Å²) in [5.41, 5.74) is 0.876. The van der Waals surface area contributed by atoms with E-state index in [2.05, 4.69) is 5.32 Å². The van der Waals surface area contributed by atoms with Crippen molar-refractivity contribution in [2.75, 3.05) is 5.32 Å². The molecule has 8 nitrogen and oxygen atoms in total. The monoisotopic (exact) mass is 497 g/mol. The second-order valence-corrected chi connectivity index (χ2v) is 10.1. The van der Waals surface area contributed by atoms with Crippen LogP contribution in [0.3, 0.4) is 0 Å². The number of sulfonamides is 1. The van der Waals surface area contributed by atoms with Crippen LogP contribution in [0.15, 0.2) is 71.6 Å². The number of benzene rings is 3. The zero-order valence-electron chi connectivity index (χ0n) is 18.7. The molecule has 1 aliphatic rings. The molecule has 0 radical (unpaired) electrons. The van der Waals surface area contributed by atoms with Crippen molar-refractivity contribution in [2.45, 2.75) is 43.0 Å². The van der Waals surface area contributed by atoms with E-state index in [1.165, 1.54) is 42.5 Å². The Morgan fingerprint density at radius 1 is 0.971 bits per heavy atom. The fourth-order valence-electron chi connectivity index (χ4n) is 4.22. The van der Waals surface area contributed by atoms with Crippen molar-refractivity contribution in [1.82, 2.24) is 4.72 Å². The van der Waals surface area contributed by atoms with Gasteiger partial charge in [0.05, 0.1) is 9.82 Å². The lowest BCUT2D eigenvalue weighted by atomic mass is 9.95. The number of carbonyl (C=O) groups excluding carboxylic acids is 1. The number of anilines is 1. The molecule has 2 N–H and O–H groups in total. The van der Waals surface area contributed by atoms with E-state index < -0.39 is 31.6 Å². The molecule has 10 heteroatoms. The van der Waals surface area contributed by atoms with E-state index >= 15 is 0 Å². The highest BCUT2D eigenvalue weighted by Crippen LogP contribution is 2.31. The second-order valence-electron chi connectivity index (χ2n) is 8.40. The summed E-state index contributed by atoms with van der Waals surface area (Å²) in [7, 11) is -4.41. The summed E-state index contributed by atoms with van der Waals surface area (Å²) in [5, 5.41) is 14.8. The van der Waals surface area contributed by atoms with Crippen LogP contribution in [0.5, 0.6) is 0 Å². The lowest BCUT2D eigenvalue weighted by Gasteiger charge is -2.23. The molecule has 0 aliphatic heterocycles. The summed E-state index contributed by atoms with van der Waals surface area (Å²) >= 11 is 0. The molecular formula is C25H24FN3O5S. The molecule has 1 aliphatic carbocycles. The fourth-order valence-corrected chi connectivity index (χ4v) is 5.20. The van der Waals surface area contributed by atoms with Gasteiger partial charge in [-0.05, 0) is 54.3 Å². The molecule has 0 unspecified atom stereocenters. The number of hydrogen-bond donors (Lipinski definition) is 2. The summed E-state index contributed by atoms with van der Waals surface area (Å²) in [4.78, 5) is 23.6. The van der Waals surface area contributed by atoms with E-state index in [-0.39, 0.29) is 23.0 Å². The lowest BCUT2D eigenvalue weighted by Crippen LogP contribution is -2.31. The number of halogens is 1. The normalized spacial score (nSPS) is 14.3. The highest BCUT2D eigenvalue weighted by molar-refractivity contribution is 7.90. The molecule has 35 heavy (non-hydrogen) atoms. The van der Waals surface area contributed by atoms with Crippen LogP contribution in [-0.2, 0) is 10.0 Å². The van der Waals surface area contributed by atoms with Crippen LogP contribution >= 0.6 is 0 Å². The van der Waals surface area contributed by atoms with Crippen LogP contribution in [0, 0.1) is 15.9 Å². The lowest BCUT2D eigenvalue weighted by molar-refractivity contribution is -0.384. The molecule has 0 spiro atoms. The first kappa shape index (κ1) is 24.3. The van der Waals surface area contributed by atoms with Gasteiger partial charge in [-0.25, -0.2) is 17.5 Å². The van der Waals surface area contributed by atoms with Gasteiger partial charge in [-0.2, -0.15) is 0 Å². The smallest absolute Gasteiger partial charge is 0.293 e. The third-order valence-electron chi connectivity index (χ3n) is 5.99. The number of carbonyl (C=O) groups is 1. The average Bonchev–Trinajstić information content (AvgIpc) is 2.85. The first-order chi connectivity index (χ1) is 16.7. The molecule has 1 amide bonds. The Bertz CT molecular complexity index is 1350. The predicted molar refractivity (Wildman–Crippen MR) is 130 cm³/mol. The predicted octanol–water partition coefficient (Wildman–Crippen LogP) is 5.26. The van der Waals surface area contributed by atoms with Crippen LogP contribution in [0.4, 0.5) is 15.8 Å². The molecule has 3 aromatic carbocycles. The van der Waals surface area contributed by atoms with Crippen molar-refractivity contribution in [1.29, 1.82) is 0 Å². The first-order valence-corrected chi connectivity index (χ1v) is 12.7. The maximum absolute atomic E-state index is 13.3. The Morgan fingerprint density at radius 2 is 1.66 bits per heavy atom. The van der Waals surface area contributed by atoms with Gasteiger partial charge in [0.25, 0.3) is 21.6 Å². The molecule has 0 heterocycles. The Labute approximate surface area is 202 Å². The van der Waals surface area contributed by atoms with Crippen LogP contribution in [0.2, 0.25) is 0 Å². The molecule has 4 rings (SSSR count). The van der Waals surface area contributed by atoms with Gasteiger partial charge in [-0.3, -0.25) is 14.9 Å². The van der Waals surface area contributed by atoms with Crippen LogP contribution in [0.1, 0.15) is 42.5 Å². The van der Waals surface area contributed by atoms with Crippen LogP contribution < -0.4 is 10.0 Å². The first-order valence-electron chi connectivity index (χ1n) is 11.2. The van der Waals surface area contributed by atoms with E-state index in [1.54, 1.807) is 18.2 Å². The van der Waals surface area contributed by atoms with Gasteiger partial charge in [0, 0.05) is 17.7 Å². The fraction of sp³-hybridized carbons (Fsp3) is 0.240. The van der Waals surface area contributed by atoms with E-state index in [0.29, 0.717) is 11.1 Å². The number of hydrogen-bond acceptors (Lipinski definition) is 6. The highest BCUT2D eigenvalue weighted by Gasteiger charge is 2.26. The summed E-state index contributed by atoms with van der Waals surface area (Å²) in [6, 6.07) is 15.4. The Balaban J connectivity index is 1.60.